The summed E-state index contributed by atoms with van der Waals surface area (Å²) in [5, 5.41) is 3.48. The average Bonchev–Trinajstić information content (AvgIpc) is 3.06. The van der Waals surface area contributed by atoms with E-state index in [2.05, 4.69) is 44.0 Å². The highest BCUT2D eigenvalue weighted by Gasteiger charge is 2.19. The standard InChI is InChI=1S/C17H30N2O2/c1-5-19(11-15-7-6-8-20-15)12-16-9-14(13-21-16)10-18-17(2,3)4/h9,13,15,18H,5-8,10-12H2,1-4H3. The van der Waals surface area contributed by atoms with Crippen molar-refractivity contribution in [1.29, 1.82) is 0 Å². The molecular formula is C17H30N2O2. The minimum atomic E-state index is 0.132. The lowest BCUT2D eigenvalue weighted by atomic mass is 10.1. The predicted octanol–water partition coefficient (Wildman–Crippen LogP) is 3.17. The van der Waals surface area contributed by atoms with Gasteiger partial charge in [0.1, 0.15) is 5.76 Å². The molecule has 2 rings (SSSR count). The van der Waals surface area contributed by atoms with Crippen molar-refractivity contribution in [3.63, 3.8) is 0 Å². The molecule has 0 bridgehead atoms. The number of nitrogens with zero attached hydrogens (tertiary/aromatic N) is 1. The van der Waals surface area contributed by atoms with Gasteiger partial charge in [0, 0.05) is 30.8 Å². The Morgan fingerprint density at radius 2 is 2.19 bits per heavy atom. The van der Waals surface area contributed by atoms with Crippen LogP contribution in [0.1, 0.15) is 51.9 Å². The fourth-order valence-corrected chi connectivity index (χ4v) is 2.57. The highest BCUT2D eigenvalue weighted by molar-refractivity contribution is 5.13. The molecule has 1 unspecified atom stereocenters. The van der Waals surface area contributed by atoms with Gasteiger partial charge in [-0.05, 0) is 46.2 Å². The highest BCUT2D eigenvalue weighted by Crippen LogP contribution is 2.16. The minimum Gasteiger partial charge on any atom is -0.468 e. The predicted molar refractivity (Wildman–Crippen MR) is 85.2 cm³/mol. The number of hydrogen-bond acceptors (Lipinski definition) is 4. The molecule has 1 aliphatic rings. The zero-order valence-electron chi connectivity index (χ0n) is 13.9. The van der Waals surface area contributed by atoms with E-state index in [0.29, 0.717) is 6.10 Å². The fourth-order valence-electron chi connectivity index (χ4n) is 2.57. The van der Waals surface area contributed by atoms with Crippen LogP contribution in [-0.2, 0) is 17.8 Å². The Kier molecular flexibility index (Phi) is 5.85. The molecular weight excluding hydrogens is 264 g/mol. The number of ether oxygens (including phenoxy) is 1. The van der Waals surface area contributed by atoms with Crippen molar-refractivity contribution < 1.29 is 9.15 Å². The van der Waals surface area contributed by atoms with Crippen molar-refractivity contribution in [1.82, 2.24) is 10.2 Å². The first-order chi connectivity index (χ1) is 9.96. The molecule has 0 radical (unpaired) electrons. The highest BCUT2D eigenvalue weighted by atomic mass is 16.5. The maximum absolute atomic E-state index is 5.72. The topological polar surface area (TPSA) is 37.6 Å². The summed E-state index contributed by atoms with van der Waals surface area (Å²) in [4.78, 5) is 2.40. The molecule has 0 aromatic carbocycles. The van der Waals surface area contributed by atoms with Crippen LogP contribution in [0.15, 0.2) is 16.7 Å². The average molecular weight is 294 g/mol. The molecule has 1 aliphatic heterocycles. The van der Waals surface area contributed by atoms with Gasteiger partial charge in [-0.15, -0.1) is 0 Å². The van der Waals surface area contributed by atoms with Crippen LogP contribution in [0.5, 0.6) is 0 Å². The normalized spacial score (nSPS) is 19.6. The first kappa shape index (κ1) is 16.5. The lowest BCUT2D eigenvalue weighted by Gasteiger charge is -2.22. The summed E-state index contributed by atoms with van der Waals surface area (Å²) in [6, 6.07) is 2.16. The molecule has 1 aromatic heterocycles. The lowest BCUT2D eigenvalue weighted by Crippen LogP contribution is -2.34. The molecule has 0 saturated carbocycles. The number of hydrogen-bond donors (Lipinski definition) is 1. The van der Waals surface area contributed by atoms with Crippen molar-refractivity contribution in [2.24, 2.45) is 0 Å². The van der Waals surface area contributed by atoms with Crippen LogP contribution >= 0.6 is 0 Å². The lowest BCUT2D eigenvalue weighted by molar-refractivity contribution is 0.0703. The Morgan fingerprint density at radius 3 is 2.81 bits per heavy atom. The molecule has 1 aromatic rings. The summed E-state index contributed by atoms with van der Waals surface area (Å²) >= 11 is 0. The molecule has 1 atom stereocenters. The van der Waals surface area contributed by atoms with Crippen molar-refractivity contribution in [2.45, 2.75) is 65.3 Å². The minimum absolute atomic E-state index is 0.132. The third-order valence-electron chi connectivity index (χ3n) is 3.84. The van der Waals surface area contributed by atoms with Crippen LogP contribution in [0.2, 0.25) is 0 Å². The van der Waals surface area contributed by atoms with Gasteiger partial charge < -0.3 is 14.5 Å². The van der Waals surface area contributed by atoms with Gasteiger partial charge >= 0.3 is 0 Å². The first-order valence-electron chi connectivity index (χ1n) is 8.11. The van der Waals surface area contributed by atoms with E-state index in [4.69, 9.17) is 9.15 Å². The quantitative estimate of drug-likeness (QED) is 0.838. The van der Waals surface area contributed by atoms with Crippen LogP contribution in [-0.4, -0.2) is 36.2 Å². The van der Waals surface area contributed by atoms with Crippen LogP contribution in [0, 0.1) is 0 Å². The maximum Gasteiger partial charge on any atom is 0.118 e. The van der Waals surface area contributed by atoms with Crippen molar-refractivity contribution >= 4 is 0 Å². The molecule has 0 aliphatic carbocycles. The van der Waals surface area contributed by atoms with Gasteiger partial charge in [-0.3, -0.25) is 4.90 Å². The largest absolute Gasteiger partial charge is 0.468 e. The van der Waals surface area contributed by atoms with Gasteiger partial charge in [0.25, 0.3) is 0 Å². The summed E-state index contributed by atoms with van der Waals surface area (Å²) < 4.78 is 11.4. The van der Waals surface area contributed by atoms with Gasteiger partial charge in [0.2, 0.25) is 0 Å². The van der Waals surface area contributed by atoms with E-state index in [1.807, 2.05) is 6.26 Å². The Morgan fingerprint density at radius 1 is 1.38 bits per heavy atom. The third-order valence-corrected chi connectivity index (χ3v) is 3.84. The number of nitrogens with one attached hydrogen (secondary N) is 1. The summed E-state index contributed by atoms with van der Waals surface area (Å²) in [7, 11) is 0. The Hall–Kier alpha value is -0.840. The van der Waals surface area contributed by atoms with Crippen molar-refractivity contribution in [3.05, 3.63) is 23.7 Å². The monoisotopic (exact) mass is 294 g/mol. The maximum atomic E-state index is 5.72. The van der Waals surface area contributed by atoms with Gasteiger partial charge in [0.05, 0.1) is 18.9 Å². The smallest absolute Gasteiger partial charge is 0.118 e. The van der Waals surface area contributed by atoms with E-state index >= 15 is 0 Å². The number of rotatable bonds is 7. The first-order valence-corrected chi connectivity index (χ1v) is 8.11. The Labute approximate surface area is 128 Å². The SMILES string of the molecule is CCN(Cc1cc(CNC(C)(C)C)co1)CC1CCCO1. The summed E-state index contributed by atoms with van der Waals surface area (Å²) in [5.41, 5.74) is 1.35. The van der Waals surface area contributed by atoms with Gasteiger partial charge in [-0.2, -0.15) is 0 Å². The van der Waals surface area contributed by atoms with Crippen LogP contribution in [0.25, 0.3) is 0 Å². The van der Waals surface area contributed by atoms with Crippen LogP contribution in [0.4, 0.5) is 0 Å². The molecule has 4 heteroatoms. The zero-order valence-corrected chi connectivity index (χ0v) is 13.9. The van der Waals surface area contributed by atoms with Crippen LogP contribution < -0.4 is 5.32 Å². The van der Waals surface area contributed by atoms with E-state index in [1.54, 1.807) is 0 Å². The summed E-state index contributed by atoms with van der Waals surface area (Å²) in [6.45, 7) is 13.4. The Balaban J connectivity index is 1.82. The molecule has 1 saturated heterocycles. The summed E-state index contributed by atoms with van der Waals surface area (Å²) in [6.07, 6.45) is 4.66. The summed E-state index contributed by atoms with van der Waals surface area (Å²) in [5.74, 6) is 1.04. The van der Waals surface area contributed by atoms with Gasteiger partial charge in [0.15, 0.2) is 0 Å². The molecule has 1 fully saturated rings. The molecule has 120 valence electrons. The van der Waals surface area contributed by atoms with E-state index in [9.17, 15) is 0 Å². The van der Waals surface area contributed by atoms with E-state index < -0.39 is 0 Å². The van der Waals surface area contributed by atoms with Crippen molar-refractivity contribution in [2.75, 3.05) is 19.7 Å². The third kappa shape index (κ3) is 5.81. The van der Waals surface area contributed by atoms with Gasteiger partial charge in [-0.25, -0.2) is 0 Å². The van der Waals surface area contributed by atoms with E-state index in [-0.39, 0.29) is 5.54 Å². The molecule has 4 nitrogen and oxygen atoms in total. The molecule has 1 N–H and O–H groups in total. The second-order valence-corrected chi connectivity index (χ2v) is 6.99. The van der Waals surface area contributed by atoms with E-state index in [0.717, 1.165) is 38.5 Å². The van der Waals surface area contributed by atoms with Gasteiger partial charge in [-0.1, -0.05) is 6.92 Å². The van der Waals surface area contributed by atoms with Crippen molar-refractivity contribution in [3.8, 4) is 0 Å². The van der Waals surface area contributed by atoms with E-state index in [1.165, 1.54) is 18.4 Å². The molecule has 21 heavy (non-hydrogen) atoms. The molecule has 0 amide bonds. The fraction of sp³-hybridized carbons (Fsp3) is 0.765. The second kappa shape index (κ2) is 7.43. The second-order valence-electron chi connectivity index (χ2n) is 6.99. The Bertz CT molecular complexity index is 417. The number of furan rings is 1. The molecule has 0 spiro atoms. The number of likely N-dealkylation sites (N-methyl/N-ethyl adjacent to an activating group) is 1. The molecule has 2 heterocycles. The van der Waals surface area contributed by atoms with Crippen LogP contribution in [0.3, 0.4) is 0 Å². The zero-order chi connectivity index (χ0) is 15.3.